The van der Waals surface area contributed by atoms with Gasteiger partial charge in [0.15, 0.2) is 0 Å². The van der Waals surface area contributed by atoms with Crippen molar-refractivity contribution in [2.45, 2.75) is 45.2 Å². The van der Waals surface area contributed by atoms with E-state index in [1.54, 1.807) is 4.90 Å². The highest BCUT2D eigenvalue weighted by Crippen LogP contribution is 2.28. The fourth-order valence-electron chi connectivity index (χ4n) is 2.76. The second-order valence-corrected chi connectivity index (χ2v) is 6.51. The number of piperidine rings is 1. The van der Waals surface area contributed by atoms with Crippen LogP contribution in [0.1, 0.15) is 33.6 Å². The molecule has 1 N–H and O–H groups in total. The molecule has 1 aromatic heterocycles. The van der Waals surface area contributed by atoms with Crippen LogP contribution in [0.25, 0.3) is 0 Å². The molecule has 0 saturated carbocycles. The first-order valence-corrected chi connectivity index (χ1v) is 7.61. The quantitative estimate of drug-likeness (QED) is 0.677. The first-order valence-electron chi connectivity index (χ1n) is 7.61. The minimum atomic E-state index is -0.612. The molecule has 0 unspecified atom stereocenters. The van der Waals surface area contributed by atoms with Crippen molar-refractivity contribution >= 4 is 11.8 Å². The molecular weight excluding hydrogens is 300 g/mol. The van der Waals surface area contributed by atoms with Gasteiger partial charge in [0, 0.05) is 30.4 Å². The van der Waals surface area contributed by atoms with Crippen molar-refractivity contribution in [3.05, 3.63) is 28.6 Å². The van der Waals surface area contributed by atoms with Crippen molar-refractivity contribution in [2.24, 2.45) is 0 Å². The predicted molar refractivity (Wildman–Crippen MR) is 84.4 cm³/mol. The summed E-state index contributed by atoms with van der Waals surface area (Å²) < 4.78 is 5.33. The minimum absolute atomic E-state index is 0.00265. The Morgan fingerprint density at radius 3 is 2.83 bits per heavy atom. The van der Waals surface area contributed by atoms with Gasteiger partial charge in [-0.3, -0.25) is 20.0 Å². The smallest absolute Gasteiger partial charge is 0.403 e. The van der Waals surface area contributed by atoms with Crippen LogP contribution in [0.2, 0.25) is 0 Å². The lowest BCUT2D eigenvalue weighted by Crippen LogP contribution is -2.57. The molecule has 1 saturated heterocycles. The molecule has 1 aromatic rings. The Balaban J connectivity index is 2.23. The lowest BCUT2D eigenvalue weighted by Gasteiger charge is -2.42. The molecule has 1 amide bonds. The highest BCUT2D eigenvalue weighted by molar-refractivity contribution is 5.73. The van der Waals surface area contributed by atoms with E-state index in [0.717, 1.165) is 25.6 Å². The number of carbonyl (C=O) groups is 1. The van der Waals surface area contributed by atoms with Crippen LogP contribution in [0.5, 0.6) is 5.75 Å². The van der Waals surface area contributed by atoms with Crippen molar-refractivity contribution in [3.8, 4) is 5.75 Å². The van der Waals surface area contributed by atoms with Gasteiger partial charge in [0.1, 0.15) is 6.20 Å². The van der Waals surface area contributed by atoms with Crippen LogP contribution < -0.4 is 10.1 Å². The fourth-order valence-corrected chi connectivity index (χ4v) is 2.76. The third kappa shape index (κ3) is 4.16. The molecule has 8 nitrogen and oxygen atoms in total. The average Bonchev–Trinajstić information content (AvgIpc) is 2.47. The lowest BCUT2D eigenvalue weighted by atomic mass is 9.99. The Morgan fingerprint density at radius 2 is 2.26 bits per heavy atom. The lowest BCUT2D eigenvalue weighted by molar-refractivity contribution is -0.386. The topological polar surface area (TPSA) is 97.6 Å². The van der Waals surface area contributed by atoms with E-state index in [0.29, 0.717) is 6.54 Å². The number of rotatable bonds is 3. The summed E-state index contributed by atoms with van der Waals surface area (Å²) in [5, 5.41) is 14.3. The number of amides is 1. The third-order valence-corrected chi connectivity index (χ3v) is 3.71. The maximum atomic E-state index is 12.7. The molecule has 0 aliphatic carbocycles. The molecular formula is C15H22N4O4. The van der Waals surface area contributed by atoms with Gasteiger partial charge in [-0.1, -0.05) is 0 Å². The number of nitrogens with zero attached hydrogens (tertiary/aromatic N) is 3. The van der Waals surface area contributed by atoms with Crippen LogP contribution in [0.4, 0.5) is 10.5 Å². The summed E-state index contributed by atoms with van der Waals surface area (Å²) in [6, 6.07) is 1.33. The van der Waals surface area contributed by atoms with Crippen molar-refractivity contribution in [2.75, 3.05) is 13.1 Å². The van der Waals surface area contributed by atoms with E-state index < -0.39 is 16.6 Å². The predicted octanol–water partition coefficient (Wildman–Crippen LogP) is 2.34. The van der Waals surface area contributed by atoms with Gasteiger partial charge >= 0.3 is 11.8 Å². The number of carbonyl (C=O) groups excluding carboxylic acids is 1. The van der Waals surface area contributed by atoms with E-state index in [4.69, 9.17) is 4.74 Å². The van der Waals surface area contributed by atoms with Crippen molar-refractivity contribution in [1.82, 2.24) is 15.2 Å². The highest BCUT2D eigenvalue weighted by Gasteiger charge is 2.36. The van der Waals surface area contributed by atoms with Crippen LogP contribution in [0, 0.1) is 10.1 Å². The summed E-state index contributed by atoms with van der Waals surface area (Å²) in [6.07, 6.45) is 3.70. The Bertz CT molecular complexity index is 579. The van der Waals surface area contributed by atoms with Gasteiger partial charge in [-0.25, -0.2) is 4.79 Å². The normalized spacial score (nSPS) is 18.3. The molecule has 1 aliphatic heterocycles. The summed E-state index contributed by atoms with van der Waals surface area (Å²) in [6.45, 7) is 7.38. The van der Waals surface area contributed by atoms with Gasteiger partial charge in [0.05, 0.1) is 4.92 Å². The number of nitro groups is 1. The summed E-state index contributed by atoms with van der Waals surface area (Å²) in [7, 11) is 0. The van der Waals surface area contributed by atoms with E-state index in [1.165, 1.54) is 12.3 Å². The summed E-state index contributed by atoms with van der Waals surface area (Å²) in [5.74, 6) is -0.0898. The van der Waals surface area contributed by atoms with Crippen LogP contribution in [0.15, 0.2) is 18.5 Å². The molecule has 2 heterocycles. The molecule has 0 aromatic carbocycles. The van der Waals surface area contributed by atoms with Gasteiger partial charge in [-0.05, 0) is 40.2 Å². The first kappa shape index (κ1) is 17.1. The number of ether oxygens (including phenoxy) is 1. The van der Waals surface area contributed by atoms with Crippen LogP contribution in [0.3, 0.4) is 0 Å². The number of nitrogens with one attached hydrogen (secondary N) is 1. The van der Waals surface area contributed by atoms with Gasteiger partial charge < -0.3 is 10.1 Å². The molecule has 2 rings (SSSR count). The average molecular weight is 322 g/mol. The molecule has 0 bridgehead atoms. The molecule has 8 heteroatoms. The minimum Gasteiger partial charge on any atom is -0.403 e. The van der Waals surface area contributed by atoms with Gasteiger partial charge in [0.2, 0.25) is 5.75 Å². The Labute approximate surface area is 135 Å². The van der Waals surface area contributed by atoms with E-state index in [-0.39, 0.29) is 17.5 Å². The van der Waals surface area contributed by atoms with Gasteiger partial charge in [-0.15, -0.1) is 0 Å². The van der Waals surface area contributed by atoms with E-state index >= 15 is 0 Å². The largest absolute Gasteiger partial charge is 0.416 e. The fraction of sp³-hybridized carbons (Fsp3) is 0.600. The van der Waals surface area contributed by atoms with E-state index in [1.807, 2.05) is 20.8 Å². The van der Waals surface area contributed by atoms with Crippen molar-refractivity contribution in [1.29, 1.82) is 0 Å². The van der Waals surface area contributed by atoms with Crippen molar-refractivity contribution in [3.63, 3.8) is 0 Å². The van der Waals surface area contributed by atoms with Crippen LogP contribution in [-0.4, -0.2) is 45.6 Å². The molecule has 0 radical (unpaired) electrons. The molecule has 1 atom stereocenters. The molecule has 126 valence electrons. The SMILES string of the molecule is CC(C)(C)N(C(=O)Oc1ccncc1[N+](=O)[O-])[C@@H]1CCCNC1. The third-order valence-electron chi connectivity index (χ3n) is 3.71. The molecule has 23 heavy (non-hydrogen) atoms. The first-order chi connectivity index (χ1) is 10.8. The molecule has 1 fully saturated rings. The summed E-state index contributed by atoms with van der Waals surface area (Å²) >= 11 is 0. The van der Waals surface area contributed by atoms with Gasteiger partial charge in [-0.2, -0.15) is 0 Å². The Kier molecular flexibility index (Phi) is 5.15. The van der Waals surface area contributed by atoms with Crippen molar-refractivity contribution < 1.29 is 14.5 Å². The summed E-state index contributed by atoms with van der Waals surface area (Å²) in [5.41, 5.74) is -0.778. The second kappa shape index (κ2) is 6.91. The zero-order valence-electron chi connectivity index (χ0n) is 13.6. The zero-order valence-corrected chi connectivity index (χ0v) is 13.6. The number of hydrogen-bond acceptors (Lipinski definition) is 6. The Morgan fingerprint density at radius 1 is 1.52 bits per heavy atom. The van der Waals surface area contributed by atoms with Gasteiger partial charge in [0.25, 0.3) is 0 Å². The highest BCUT2D eigenvalue weighted by atomic mass is 16.6. The number of hydrogen-bond donors (Lipinski definition) is 1. The molecule has 1 aliphatic rings. The summed E-state index contributed by atoms with van der Waals surface area (Å²) in [4.78, 5) is 28.4. The standard InChI is InChI=1S/C15H22N4O4/c1-15(2,3)18(11-5-4-7-16-9-11)14(20)23-13-6-8-17-10-12(13)19(21)22/h6,8,10-11,16H,4-5,7,9H2,1-3H3/t11-/m1/s1. The van der Waals surface area contributed by atoms with E-state index in [2.05, 4.69) is 10.3 Å². The zero-order chi connectivity index (χ0) is 17.0. The molecule has 0 spiro atoms. The maximum Gasteiger partial charge on any atom is 0.416 e. The second-order valence-electron chi connectivity index (χ2n) is 6.51. The van der Waals surface area contributed by atoms with Crippen LogP contribution >= 0.6 is 0 Å². The Hall–Kier alpha value is -2.22. The maximum absolute atomic E-state index is 12.7. The van der Waals surface area contributed by atoms with E-state index in [9.17, 15) is 14.9 Å². The number of pyridine rings is 1. The van der Waals surface area contributed by atoms with Crippen LogP contribution in [-0.2, 0) is 0 Å². The number of aromatic nitrogens is 1. The monoisotopic (exact) mass is 322 g/mol.